The molecule has 2 saturated heterocycles. The lowest BCUT2D eigenvalue weighted by molar-refractivity contribution is -0.124. The number of aliphatic hydroxyl groups is 1. The predicted octanol–water partition coefficient (Wildman–Crippen LogP) is 1.81. The lowest BCUT2D eigenvalue weighted by atomic mass is 9.94. The highest BCUT2D eigenvalue weighted by molar-refractivity contribution is 5.84. The van der Waals surface area contributed by atoms with Crippen molar-refractivity contribution in [1.82, 2.24) is 10.2 Å². The van der Waals surface area contributed by atoms with Gasteiger partial charge in [0.15, 0.2) is 0 Å². The number of amides is 1. The minimum absolute atomic E-state index is 0.0414. The van der Waals surface area contributed by atoms with Crippen LogP contribution in [0.25, 0.3) is 0 Å². The summed E-state index contributed by atoms with van der Waals surface area (Å²) in [5.41, 5.74) is 2.05. The van der Waals surface area contributed by atoms with Gasteiger partial charge in [-0.2, -0.15) is 0 Å². The van der Waals surface area contributed by atoms with Crippen LogP contribution in [0.1, 0.15) is 42.7 Å². The van der Waals surface area contributed by atoms with Crippen LogP contribution in [0, 0.1) is 6.92 Å². The van der Waals surface area contributed by atoms with E-state index in [1.165, 1.54) is 12.8 Å². The zero-order valence-electron chi connectivity index (χ0n) is 13.5. The maximum atomic E-state index is 12.6. The number of carbonyl (C=O) groups excluding carboxylic acids is 1. The molecule has 0 aromatic heterocycles. The maximum absolute atomic E-state index is 12.6. The summed E-state index contributed by atoms with van der Waals surface area (Å²) in [7, 11) is 2.20. The van der Waals surface area contributed by atoms with Crippen molar-refractivity contribution >= 4 is 5.91 Å². The van der Waals surface area contributed by atoms with Gasteiger partial charge in [0.2, 0.25) is 5.91 Å². The van der Waals surface area contributed by atoms with Gasteiger partial charge in [0.25, 0.3) is 0 Å². The molecule has 2 fully saturated rings. The van der Waals surface area contributed by atoms with Crippen LogP contribution in [0.2, 0.25) is 0 Å². The zero-order valence-corrected chi connectivity index (χ0v) is 13.5. The molecule has 2 aliphatic heterocycles. The van der Waals surface area contributed by atoms with E-state index in [9.17, 15) is 9.90 Å². The number of aryl methyl sites for hydroxylation is 1. The molecule has 2 bridgehead atoms. The van der Waals surface area contributed by atoms with Gasteiger partial charge in [-0.05, 0) is 45.2 Å². The van der Waals surface area contributed by atoms with Crippen LogP contribution in [0.5, 0.6) is 0 Å². The molecule has 0 spiro atoms. The zero-order chi connectivity index (χ0) is 15.7. The van der Waals surface area contributed by atoms with E-state index >= 15 is 0 Å². The van der Waals surface area contributed by atoms with Crippen molar-refractivity contribution < 1.29 is 9.90 Å². The summed E-state index contributed by atoms with van der Waals surface area (Å²) in [6.07, 6.45) is 4.55. The van der Waals surface area contributed by atoms with Crippen molar-refractivity contribution in [3.05, 3.63) is 35.4 Å². The smallest absolute Gasteiger partial charge is 0.230 e. The van der Waals surface area contributed by atoms with Crippen LogP contribution >= 0.6 is 0 Å². The Morgan fingerprint density at radius 2 is 1.86 bits per heavy atom. The Bertz CT molecular complexity index is 514. The topological polar surface area (TPSA) is 52.6 Å². The fourth-order valence-corrected chi connectivity index (χ4v) is 3.97. The van der Waals surface area contributed by atoms with Crippen molar-refractivity contribution in [3.8, 4) is 0 Å². The summed E-state index contributed by atoms with van der Waals surface area (Å²) in [4.78, 5) is 15.0. The Balaban J connectivity index is 1.64. The standard InChI is InChI=1S/C18H26N2O2/c1-12-3-5-13(6-4-12)17(11-21)18(22)19-14-9-15-7-8-16(10-14)20(15)2/h3-6,14-17,21H,7-11H2,1-2H3,(H,19,22). The minimum Gasteiger partial charge on any atom is -0.395 e. The third-order valence-electron chi connectivity index (χ3n) is 5.42. The first-order valence-electron chi connectivity index (χ1n) is 8.28. The summed E-state index contributed by atoms with van der Waals surface area (Å²) in [5, 5.41) is 12.8. The number of benzene rings is 1. The number of piperidine rings is 1. The number of aliphatic hydroxyl groups excluding tert-OH is 1. The number of carbonyl (C=O) groups is 1. The summed E-state index contributed by atoms with van der Waals surface area (Å²) in [5.74, 6) is -0.502. The van der Waals surface area contributed by atoms with E-state index < -0.39 is 5.92 Å². The first-order valence-corrected chi connectivity index (χ1v) is 8.28. The van der Waals surface area contributed by atoms with E-state index in [1.807, 2.05) is 31.2 Å². The fourth-order valence-electron chi connectivity index (χ4n) is 3.97. The quantitative estimate of drug-likeness (QED) is 0.892. The number of nitrogens with one attached hydrogen (secondary N) is 1. The van der Waals surface area contributed by atoms with Crippen LogP contribution in [0.3, 0.4) is 0 Å². The summed E-state index contributed by atoms with van der Waals surface area (Å²) in [6, 6.07) is 9.32. The molecule has 3 rings (SSSR count). The molecule has 3 unspecified atom stereocenters. The van der Waals surface area contributed by atoms with Gasteiger partial charge in [-0.25, -0.2) is 0 Å². The van der Waals surface area contributed by atoms with Gasteiger partial charge in [-0.15, -0.1) is 0 Å². The minimum atomic E-state index is -0.460. The van der Waals surface area contributed by atoms with E-state index in [0.29, 0.717) is 12.1 Å². The van der Waals surface area contributed by atoms with Gasteiger partial charge >= 0.3 is 0 Å². The van der Waals surface area contributed by atoms with Crippen LogP contribution in [0.15, 0.2) is 24.3 Å². The number of nitrogens with zero attached hydrogens (tertiary/aromatic N) is 1. The summed E-state index contributed by atoms with van der Waals surface area (Å²) >= 11 is 0. The van der Waals surface area contributed by atoms with Crippen molar-refractivity contribution in [2.24, 2.45) is 0 Å². The normalized spacial score (nSPS) is 29.3. The molecule has 1 amide bonds. The molecule has 0 saturated carbocycles. The first kappa shape index (κ1) is 15.5. The molecule has 120 valence electrons. The molecule has 0 radical (unpaired) electrons. The van der Waals surface area contributed by atoms with Gasteiger partial charge in [0, 0.05) is 18.1 Å². The third kappa shape index (κ3) is 3.03. The predicted molar refractivity (Wildman–Crippen MR) is 86.7 cm³/mol. The molecule has 1 aromatic rings. The van der Waals surface area contributed by atoms with Gasteiger partial charge < -0.3 is 15.3 Å². The van der Waals surface area contributed by atoms with Gasteiger partial charge in [-0.3, -0.25) is 4.79 Å². The van der Waals surface area contributed by atoms with Gasteiger partial charge in [0.1, 0.15) is 0 Å². The monoisotopic (exact) mass is 302 g/mol. The van der Waals surface area contributed by atoms with Crippen LogP contribution in [-0.2, 0) is 4.79 Å². The Kier molecular flexibility index (Phi) is 4.50. The lowest BCUT2D eigenvalue weighted by Crippen LogP contribution is -2.49. The molecule has 22 heavy (non-hydrogen) atoms. The fraction of sp³-hybridized carbons (Fsp3) is 0.611. The van der Waals surface area contributed by atoms with Crippen LogP contribution in [0.4, 0.5) is 0 Å². The number of rotatable bonds is 4. The highest BCUT2D eigenvalue weighted by atomic mass is 16.3. The Labute approximate surface area is 132 Å². The second kappa shape index (κ2) is 6.39. The Hall–Kier alpha value is -1.39. The number of fused-ring (bicyclic) bond motifs is 2. The largest absolute Gasteiger partial charge is 0.395 e. The third-order valence-corrected chi connectivity index (χ3v) is 5.42. The van der Waals surface area contributed by atoms with E-state index in [2.05, 4.69) is 17.3 Å². The van der Waals surface area contributed by atoms with Crippen molar-refractivity contribution in [2.45, 2.75) is 56.7 Å². The highest BCUT2D eigenvalue weighted by Crippen LogP contribution is 2.34. The first-order chi connectivity index (χ1) is 10.6. The molecule has 4 heteroatoms. The van der Waals surface area contributed by atoms with E-state index in [1.54, 1.807) is 0 Å². The van der Waals surface area contributed by atoms with Crippen molar-refractivity contribution in [1.29, 1.82) is 0 Å². The number of hydrogen-bond donors (Lipinski definition) is 2. The molecule has 0 aliphatic carbocycles. The SMILES string of the molecule is Cc1ccc(C(CO)C(=O)NC2CC3CCC(C2)N3C)cc1. The van der Waals surface area contributed by atoms with Gasteiger partial charge in [0.05, 0.1) is 12.5 Å². The molecular formula is C18H26N2O2. The average Bonchev–Trinajstić information content (AvgIpc) is 2.72. The van der Waals surface area contributed by atoms with E-state index in [0.717, 1.165) is 24.0 Å². The number of hydrogen-bond acceptors (Lipinski definition) is 3. The second-order valence-corrected chi connectivity index (χ2v) is 6.87. The molecular weight excluding hydrogens is 276 g/mol. The molecule has 2 heterocycles. The summed E-state index contributed by atoms with van der Waals surface area (Å²) < 4.78 is 0. The summed E-state index contributed by atoms with van der Waals surface area (Å²) in [6.45, 7) is 1.88. The van der Waals surface area contributed by atoms with Crippen LogP contribution in [-0.4, -0.2) is 47.7 Å². The van der Waals surface area contributed by atoms with Crippen LogP contribution < -0.4 is 5.32 Å². The maximum Gasteiger partial charge on any atom is 0.230 e. The molecule has 2 aliphatic rings. The Morgan fingerprint density at radius 1 is 1.27 bits per heavy atom. The molecule has 2 N–H and O–H groups in total. The highest BCUT2D eigenvalue weighted by Gasteiger charge is 2.39. The average molecular weight is 302 g/mol. The van der Waals surface area contributed by atoms with E-state index in [4.69, 9.17) is 0 Å². The second-order valence-electron chi connectivity index (χ2n) is 6.87. The molecule has 4 nitrogen and oxygen atoms in total. The molecule has 3 atom stereocenters. The van der Waals surface area contributed by atoms with Crippen molar-refractivity contribution in [2.75, 3.05) is 13.7 Å². The molecule has 1 aromatic carbocycles. The lowest BCUT2D eigenvalue weighted by Gasteiger charge is -2.37. The van der Waals surface area contributed by atoms with Gasteiger partial charge in [-0.1, -0.05) is 29.8 Å². The van der Waals surface area contributed by atoms with Crippen molar-refractivity contribution in [3.63, 3.8) is 0 Å². The Morgan fingerprint density at radius 3 is 2.41 bits per heavy atom. The van der Waals surface area contributed by atoms with E-state index in [-0.39, 0.29) is 18.6 Å².